The van der Waals surface area contributed by atoms with Crippen molar-refractivity contribution in [2.24, 2.45) is 0 Å². The topological polar surface area (TPSA) is 83.8 Å². The fourth-order valence-corrected chi connectivity index (χ4v) is 3.71. The van der Waals surface area contributed by atoms with Gasteiger partial charge in [-0.2, -0.15) is 0 Å². The van der Waals surface area contributed by atoms with Crippen LogP contribution >= 0.6 is 0 Å². The Morgan fingerprint density at radius 3 is 0.528 bits per heavy atom. The Kier molecular flexibility index (Phi) is 36.1. The van der Waals surface area contributed by atoms with Crippen molar-refractivity contribution in [3.8, 4) is 0 Å². The lowest BCUT2D eigenvalue weighted by molar-refractivity contribution is -0.133. The molecule has 0 heterocycles. The van der Waals surface area contributed by atoms with E-state index in [1.807, 2.05) is 0 Å². The fraction of sp³-hybridized carbons (Fsp3) is 0.806. The van der Waals surface area contributed by atoms with Gasteiger partial charge in [0.1, 0.15) is 0 Å². The van der Waals surface area contributed by atoms with E-state index < -0.39 is 11.9 Å². The fourth-order valence-electron chi connectivity index (χ4n) is 3.71. The van der Waals surface area contributed by atoms with Gasteiger partial charge in [-0.3, -0.25) is 0 Å². The standard InChI is InChI=1S/3C7H14.2C4H6O2.C2H6O/c3*1-2-4-6-7-5-3-1;2*1-3(2)4(5)6;1-3-2/h3*1-7H2;2*1H2,2H3,(H,5,6);1-2H3. The second kappa shape index (κ2) is 33.4. The van der Waals surface area contributed by atoms with Crippen molar-refractivity contribution >= 4 is 11.9 Å². The molecule has 5 heteroatoms. The van der Waals surface area contributed by atoms with Crippen molar-refractivity contribution in [1.82, 2.24) is 0 Å². The molecule has 0 amide bonds. The lowest BCUT2D eigenvalue weighted by atomic mass is 10.2. The van der Waals surface area contributed by atoms with E-state index in [0.29, 0.717) is 0 Å². The maximum atomic E-state index is 9.60. The summed E-state index contributed by atoms with van der Waals surface area (Å²) in [5.41, 5.74) is 0.352. The van der Waals surface area contributed by atoms with Crippen molar-refractivity contribution in [1.29, 1.82) is 0 Å². The SMILES string of the molecule is C1CCCCCC1.C1CCCCCC1.C1CCCCCC1.C=C(C)C(=O)O.C=C(C)C(=O)O.COC. The van der Waals surface area contributed by atoms with E-state index in [9.17, 15) is 9.59 Å². The molecule has 0 aromatic heterocycles. The molecule has 0 aromatic rings. The second-order valence-corrected chi connectivity index (χ2v) is 10.0. The normalized spacial score (nSPS) is 17.0. The molecule has 0 atom stereocenters. The van der Waals surface area contributed by atoms with Gasteiger partial charge in [-0.15, -0.1) is 0 Å². The van der Waals surface area contributed by atoms with Crippen LogP contribution in [0.25, 0.3) is 0 Å². The van der Waals surface area contributed by atoms with E-state index in [2.05, 4.69) is 17.9 Å². The molecule has 36 heavy (non-hydrogen) atoms. The highest BCUT2D eigenvalue weighted by molar-refractivity contribution is 5.85. The smallest absolute Gasteiger partial charge is 0.330 e. The molecule has 0 unspecified atom stereocenters. The number of rotatable bonds is 2. The minimum atomic E-state index is -0.935. The average molecular weight is 513 g/mol. The minimum absolute atomic E-state index is 0.176. The monoisotopic (exact) mass is 512 g/mol. The largest absolute Gasteiger partial charge is 0.478 e. The van der Waals surface area contributed by atoms with Gasteiger partial charge >= 0.3 is 11.9 Å². The number of methoxy groups -OCH3 is 1. The quantitative estimate of drug-likeness (QED) is 0.284. The summed E-state index contributed by atoms with van der Waals surface area (Å²) in [7, 11) is 3.25. The van der Waals surface area contributed by atoms with Gasteiger partial charge in [0.2, 0.25) is 0 Å². The van der Waals surface area contributed by atoms with Crippen LogP contribution in [0.2, 0.25) is 0 Å². The molecular weight excluding hydrogens is 452 g/mol. The zero-order valence-electron chi connectivity index (χ0n) is 24.4. The zero-order valence-corrected chi connectivity index (χ0v) is 24.4. The first kappa shape index (κ1) is 38.9. The van der Waals surface area contributed by atoms with Crippen LogP contribution in [0.3, 0.4) is 0 Å². The summed E-state index contributed by atoms with van der Waals surface area (Å²) in [5, 5.41) is 15.8. The molecule has 5 nitrogen and oxygen atoms in total. The minimum Gasteiger partial charge on any atom is -0.478 e. The van der Waals surface area contributed by atoms with E-state index >= 15 is 0 Å². The van der Waals surface area contributed by atoms with Gasteiger partial charge in [-0.05, 0) is 13.8 Å². The third kappa shape index (κ3) is 42.5. The highest BCUT2D eigenvalue weighted by Crippen LogP contribution is 2.16. The first-order valence-electron chi connectivity index (χ1n) is 14.4. The van der Waals surface area contributed by atoms with Crippen LogP contribution in [0.1, 0.15) is 149 Å². The number of hydrogen-bond donors (Lipinski definition) is 2. The number of aliphatic carboxylic acids is 2. The molecular formula is C31H60O5. The molecule has 0 saturated heterocycles. The zero-order chi connectivity index (χ0) is 27.9. The van der Waals surface area contributed by atoms with Crippen LogP contribution in [0.5, 0.6) is 0 Å². The molecule has 0 spiro atoms. The summed E-state index contributed by atoms with van der Waals surface area (Å²) in [6, 6.07) is 0. The Hall–Kier alpha value is -1.62. The molecule has 3 rings (SSSR count). The van der Waals surface area contributed by atoms with E-state index in [-0.39, 0.29) is 11.1 Å². The van der Waals surface area contributed by atoms with Crippen molar-refractivity contribution < 1.29 is 24.5 Å². The van der Waals surface area contributed by atoms with E-state index in [1.54, 1.807) is 14.2 Å². The lowest BCUT2D eigenvalue weighted by Crippen LogP contribution is -1.92. The summed E-state index contributed by atoms with van der Waals surface area (Å²) in [6.07, 6.45) is 31.5. The van der Waals surface area contributed by atoms with E-state index in [0.717, 1.165) is 0 Å². The average Bonchev–Trinajstić information content (AvgIpc) is 3.42. The van der Waals surface area contributed by atoms with Gasteiger partial charge in [0.05, 0.1) is 0 Å². The number of carboxylic acids is 2. The third-order valence-electron chi connectivity index (χ3n) is 5.98. The molecule has 3 aliphatic rings. The van der Waals surface area contributed by atoms with Gasteiger partial charge in [0, 0.05) is 25.4 Å². The predicted octanol–water partition coefficient (Wildman–Crippen LogP) is 9.75. The molecule has 2 N–H and O–H groups in total. The summed E-state index contributed by atoms with van der Waals surface area (Å²) < 4.78 is 4.25. The maximum Gasteiger partial charge on any atom is 0.330 e. The van der Waals surface area contributed by atoms with Gasteiger partial charge in [-0.25, -0.2) is 9.59 Å². The van der Waals surface area contributed by atoms with Gasteiger partial charge in [0.15, 0.2) is 0 Å². The third-order valence-corrected chi connectivity index (χ3v) is 5.98. The van der Waals surface area contributed by atoms with Crippen LogP contribution in [0.15, 0.2) is 24.3 Å². The Bertz CT molecular complexity index is 373. The number of hydrogen-bond acceptors (Lipinski definition) is 3. The highest BCUT2D eigenvalue weighted by Gasteiger charge is 1.97. The summed E-state index contributed by atoms with van der Waals surface area (Å²) in [4.78, 5) is 19.2. The number of ether oxygens (including phenoxy) is 1. The van der Waals surface area contributed by atoms with Crippen LogP contribution < -0.4 is 0 Å². The number of carboxylic acid groups (broad SMARTS) is 2. The molecule has 214 valence electrons. The summed E-state index contributed by atoms with van der Waals surface area (Å²) in [5.74, 6) is -1.87. The van der Waals surface area contributed by atoms with E-state index in [1.165, 1.54) is 149 Å². The van der Waals surface area contributed by atoms with Crippen molar-refractivity contribution in [3.05, 3.63) is 24.3 Å². The van der Waals surface area contributed by atoms with Crippen molar-refractivity contribution in [2.45, 2.75) is 149 Å². The summed E-state index contributed by atoms with van der Waals surface area (Å²) in [6.45, 7) is 9.20. The van der Waals surface area contributed by atoms with Crippen molar-refractivity contribution in [3.63, 3.8) is 0 Å². The van der Waals surface area contributed by atoms with Gasteiger partial charge in [-0.1, -0.05) is 148 Å². The lowest BCUT2D eigenvalue weighted by Gasteiger charge is -1.85. The van der Waals surface area contributed by atoms with Crippen LogP contribution in [-0.2, 0) is 14.3 Å². The Morgan fingerprint density at radius 1 is 0.444 bits per heavy atom. The molecule has 0 bridgehead atoms. The molecule has 3 saturated carbocycles. The van der Waals surface area contributed by atoms with Crippen LogP contribution in [-0.4, -0.2) is 36.4 Å². The van der Waals surface area contributed by atoms with Crippen LogP contribution in [0, 0.1) is 0 Å². The van der Waals surface area contributed by atoms with Crippen molar-refractivity contribution in [2.75, 3.05) is 14.2 Å². The van der Waals surface area contributed by atoms with E-state index in [4.69, 9.17) is 10.2 Å². The molecule has 0 radical (unpaired) electrons. The molecule has 3 fully saturated rings. The van der Waals surface area contributed by atoms with Gasteiger partial charge in [0.25, 0.3) is 0 Å². The maximum absolute atomic E-state index is 9.60. The predicted molar refractivity (Wildman–Crippen MR) is 155 cm³/mol. The Morgan fingerprint density at radius 2 is 0.500 bits per heavy atom. The van der Waals surface area contributed by atoms with Crippen LogP contribution in [0.4, 0.5) is 0 Å². The molecule has 0 aliphatic heterocycles. The van der Waals surface area contributed by atoms with Gasteiger partial charge < -0.3 is 14.9 Å². The number of carbonyl (C=O) groups is 2. The first-order valence-corrected chi connectivity index (χ1v) is 14.4. The first-order chi connectivity index (χ1) is 17.2. The second-order valence-electron chi connectivity index (χ2n) is 10.0. The summed E-state index contributed by atoms with van der Waals surface area (Å²) >= 11 is 0. The molecule has 0 aromatic carbocycles. The Labute approximate surface area is 223 Å². The molecule has 3 aliphatic carbocycles. The highest BCUT2D eigenvalue weighted by atomic mass is 16.4. The Balaban J connectivity index is -0.000000369.